The molecule has 0 unspecified atom stereocenters. The molecule has 130 valence electrons. The molecule has 2 fully saturated rings. The van der Waals surface area contributed by atoms with Gasteiger partial charge >= 0.3 is 5.97 Å². The molecular formula is C21H34O2. The zero-order valence-corrected chi connectivity index (χ0v) is 15.0. The van der Waals surface area contributed by atoms with E-state index >= 15 is 0 Å². The number of rotatable bonds is 6. The summed E-state index contributed by atoms with van der Waals surface area (Å²) < 4.78 is 5.23. The monoisotopic (exact) mass is 318 g/mol. The summed E-state index contributed by atoms with van der Waals surface area (Å²) in [4.78, 5) is 12.1. The Morgan fingerprint density at radius 3 is 2.13 bits per heavy atom. The average molecular weight is 319 g/mol. The van der Waals surface area contributed by atoms with Crippen LogP contribution >= 0.6 is 0 Å². The highest BCUT2D eigenvalue weighted by molar-refractivity contribution is 5.73. The van der Waals surface area contributed by atoms with Gasteiger partial charge in [-0.25, -0.2) is 0 Å². The molecule has 0 spiro atoms. The van der Waals surface area contributed by atoms with Crippen molar-refractivity contribution in [1.29, 1.82) is 0 Å². The molecule has 2 rings (SSSR count). The van der Waals surface area contributed by atoms with Crippen molar-refractivity contribution >= 4 is 5.97 Å². The van der Waals surface area contributed by atoms with Crippen molar-refractivity contribution in [2.45, 2.75) is 78.1 Å². The molecule has 0 aromatic heterocycles. The summed E-state index contributed by atoms with van der Waals surface area (Å²) in [6.45, 7) is 4.25. The first-order valence-electron chi connectivity index (χ1n) is 9.72. The summed E-state index contributed by atoms with van der Waals surface area (Å²) in [5, 5.41) is 0. The summed E-state index contributed by atoms with van der Waals surface area (Å²) in [5.74, 6) is 2.87. The minimum atomic E-state index is -0.0316. The number of hydrogen-bond acceptors (Lipinski definition) is 2. The quantitative estimate of drug-likeness (QED) is 0.339. The molecule has 2 nitrogen and oxygen atoms in total. The summed E-state index contributed by atoms with van der Waals surface area (Å²) in [6, 6.07) is 0. The van der Waals surface area contributed by atoms with Gasteiger partial charge in [0.2, 0.25) is 0 Å². The third kappa shape index (κ3) is 5.82. The van der Waals surface area contributed by atoms with Gasteiger partial charge in [-0.05, 0) is 69.3 Å². The number of allylic oxidation sites excluding steroid dienone is 3. The van der Waals surface area contributed by atoms with Crippen molar-refractivity contribution < 1.29 is 9.53 Å². The Balaban J connectivity index is 1.69. The molecule has 0 N–H and O–H groups in total. The van der Waals surface area contributed by atoms with Crippen LogP contribution in [-0.4, -0.2) is 5.97 Å². The predicted molar refractivity (Wildman–Crippen MR) is 95.9 cm³/mol. The molecule has 0 radical (unpaired) electrons. The first-order chi connectivity index (χ1) is 11.2. The highest BCUT2D eigenvalue weighted by Gasteiger charge is 2.33. The molecule has 2 saturated carbocycles. The Hall–Kier alpha value is -1.05. The second-order valence-corrected chi connectivity index (χ2v) is 7.47. The van der Waals surface area contributed by atoms with E-state index < -0.39 is 0 Å². The van der Waals surface area contributed by atoms with E-state index in [-0.39, 0.29) is 11.9 Å². The predicted octanol–water partition coefficient (Wildman–Crippen LogP) is 6.03. The lowest BCUT2D eigenvalue weighted by atomic mass is 9.69. The largest absolute Gasteiger partial charge is 0.434 e. The number of carbonyl (C=O) groups excluding carboxylic acids is 1. The summed E-state index contributed by atoms with van der Waals surface area (Å²) in [7, 11) is 0. The van der Waals surface area contributed by atoms with E-state index in [4.69, 9.17) is 4.74 Å². The van der Waals surface area contributed by atoms with Crippen LogP contribution in [-0.2, 0) is 9.53 Å². The van der Waals surface area contributed by atoms with E-state index in [2.05, 4.69) is 6.92 Å². The van der Waals surface area contributed by atoms with Gasteiger partial charge in [0.1, 0.15) is 0 Å². The maximum Gasteiger partial charge on any atom is 0.313 e. The fraction of sp³-hybridized carbons (Fsp3) is 0.762. The van der Waals surface area contributed by atoms with E-state index in [0.717, 1.165) is 30.6 Å². The second kappa shape index (κ2) is 9.95. The number of ether oxygens (including phenoxy) is 1. The van der Waals surface area contributed by atoms with E-state index in [9.17, 15) is 4.79 Å². The van der Waals surface area contributed by atoms with E-state index in [1.54, 1.807) is 6.08 Å². The SMILES string of the molecule is C/C=C/C=COC(=O)C1CCC(C2CCC(CCC)CC2)CC1. The lowest BCUT2D eigenvalue weighted by Crippen LogP contribution is -2.28. The smallest absolute Gasteiger partial charge is 0.313 e. The molecule has 2 aliphatic rings. The van der Waals surface area contributed by atoms with Gasteiger partial charge in [0.05, 0.1) is 12.2 Å². The van der Waals surface area contributed by atoms with Crippen LogP contribution in [0.1, 0.15) is 78.1 Å². The average Bonchev–Trinajstić information content (AvgIpc) is 2.60. The van der Waals surface area contributed by atoms with Crippen LogP contribution in [0.25, 0.3) is 0 Å². The van der Waals surface area contributed by atoms with Gasteiger partial charge in [-0.1, -0.05) is 44.8 Å². The summed E-state index contributed by atoms with van der Waals surface area (Å²) >= 11 is 0. The Morgan fingerprint density at radius 2 is 1.57 bits per heavy atom. The molecule has 0 aliphatic heterocycles. The normalized spacial score (nSPS) is 32.4. The van der Waals surface area contributed by atoms with E-state index in [1.807, 2.05) is 19.1 Å². The van der Waals surface area contributed by atoms with Gasteiger partial charge in [0.25, 0.3) is 0 Å². The van der Waals surface area contributed by atoms with Gasteiger partial charge in [0, 0.05) is 0 Å². The zero-order chi connectivity index (χ0) is 16.5. The standard InChI is InChI=1S/C21H34O2/c1-3-5-6-16-23-21(22)20-14-12-19(13-15-20)18-10-8-17(7-4-2)9-11-18/h3,5-6,16-20H,4,7-15H2,1-2H3/b5-3+,16-6?. The van der Waals surface area contributed by atoms with Gasteiger partial charge in [0.15, 0.2) is 0 Å². The lowest BCUT2D eigenvalue weighted by Gasteiger charge is -2.37. The van der Waals surface area contributed by atoms with Crippen molar-refractivity contribution in [3.8, 4) is 0 Å². The Morgan fingerprint density at radius 1 is 0.957 bits per heavy atom. The summed E-state index contributed by atoms with van der Waals surface area (Å²) in [5.41, 5.74) is 0. The van der Waals surface area contributed by atoms with Gasteiger partial charge in [-0.3, -0.25) is 4.79 Å². The van der Waals surface area contributed by atoms with Crippen molar-refractivity contribution in [3.63, 3.8) is 0 Å². The lowest BCUT2D eigenvalue weighted by molar-refractivity contribution is -0.144. The van der Waals surface area contributed by atoms with Crippen LogP contribution in [0, 0.1) is 23.7 Å². The minimum Gasteiger partial charge on any atom is -0.434 e. The molecule has 0 amide bonds. The van der Waals surface area contributed by atoms with Gasteiger partial charge in [-0.2, -0.15) is 0 Å². The van der Waals surface area contributed by atoms with E-state index in [1.165, 1.54) is 57.6 Å². The number of carbonyl (C=O) groups is 1. The third-order valence-electron chi connectivity index (χ3n) is 5.93. The molecule has 0 aromatic carbocycles. The molecule has 0 saturated heterocycles. The van der Waals surface area contributed by atoms with Crippen molar-refractivity contribution in [2.24, 2.45) is 23.7 Å². The molecule has 2 heteroatoms. The van der Waals surface area contributed by atoms with E-state index in [0.29, 0.717) is 0 Å². The van der Waals surface area contributed by atoms with Crippen LogP contribution < -0.4 is 0 Å². The van der Waals surface area contributed by atoms with Crippen molar-refractivity contribution in [1.82, 2.24) is 0 Å². The van der Waals surface area contributed by atoms with Crippen molar-refractivity contribution in [2.75, 3.05) is 0 Å². The molecular weight excluding hydrogens is 284 g/mol. The first-order valence-corrected chi connectivity index (χ1v) is 9.72. The van der Waals surface area contributed by atoms with Crippen LogP contribution in [0.4, 0.5) is 0 Å². The van der Waals surface area contributed by atoms with Crippen LogP contribution in [0.5, 0.6) is 0 Å². The molecule has 2 aliphatic carbocycles. The topological polar surface area (TPSA) is 26.3 Å². The summed E-state index contributed by atoms with van der Waals surface area (Å²) in [6.07, 6.45) is 20.1. The number of esters is 1. The Labute approximate surface area is 142 Å². The Kier molecular flexibility index (Phi) is 7.91. The van der Waals surface area contributed by atoms with Gasteiger partial charge < -0.3 is 4.74 Å². The molecule has 23 heavy (non-hydrogen) atoms. The fourth-order valence-electron chi connectivity index (χ4n) is 4.54. The first kappa shape index (κ1) is 18.3. The maximum atomic E-state index is 12.1. The second-order valence-electron chi connectivity index (χ2n) is 7.47. The number of hydrogen-bond donors (Lipinski definition) is 0. The fourth-order valence-corrected chi connectivity index (χ4v) is 4.54. The van der Waals surface area contributed by atoms with Crippen LogP contribution in [0.3, 0.4) is 0 Å². The van der Waals surface area contributed by atoms with Crippen LogP contribution in [0.2, 0.25) is 0 Å². The third-order valence-corrected chi connectivity index (χ3v) is 5.93. The van der Waals surface area contributed by atoms with Crippen molar-refractivity contribution in [3.05, 3.63) is 24.5 Å². The maximum absolute atomic E-state index is 12.1. The molecule has 0 atom stereocenters. The minimum absolute atomic E-state index is 0.0316. The van der Waals surface area contributed by atoms with Crippen LogP contribution in [0.15, 0.2) is 24.5 Å². The zero-order valence-electron chi connectivity index (χ0n) is 15.0. The molecule has 0 bridgehead atoms. The van der Waals surface area contributed by atoms with Gasteiger partial charge in [-0.15, -0.1) is 0 Å². The highest BCUT2D eigenvalue weighted by atomic mass is 16.5. The Bertz CT molecular complexity index is 394. The highest BCUT2D eigenvalue weighted by Crippen LogP contribution is 2.42. The molecule has 0 aromatic rings. The molecule has 0 heterocycles.